The van der Waals surface area contributed by atoms with Crippen molar-refractivity contribution in [1.29, 1.82) is 0 Å². The van der Waals surface area contributed by atoms with Crippen LogP contribution in [0.3, 0.4) is 0 Å². The average molecular weight is 211 g/mol. The second-order valence-corrected chi connectivity index (χ2v) is 3.51. The van der Waals surface area contributed by atoms with Gasteiger partial charge in [0.1, 0.15) is 5.82 Å². The summed E-state index contributed by atoms with van der Waals surface area (Å²) in [5, 5.41) is 0. The molecule has 1 heterocycles. The van der Waals surface area contributed by atoms with Crippen LogP contribution in [0.15, 0.2) is 6.33 Å². The number of carbonyl (C=O) groups excluding carboxylic acids is 1. The molecule has 0 radical (unpaired) electrons. The smallest absolute Gasteiger partial charge is 0.360 e. The van der Waals surface area contributed by atoms with Crippen LogP contribution in [0.4, 0.5) is 5.82 Å². The molecule has 0 amide bonds. The zero-order valence-corrected chi connectivity index (χ0v) is 9.36. The number of ether oxygens (including phenoxy) is 1. The number of rotatable bonds is 4. The molecular formula is C10H17N3O2. The van der Waals surface area contributed by atoms with E-state index in [1.807, 2.05) is 6.92 Å². The summed E-state index contributed by atoms with van der Waals surface area (Å²) in [6.07, 6.45) is 3.65. The van der Waals surface area contributed by atoms with Gasteiger partial charge in [0.2, 0.25) is 0 Å². The van der Waals surface area contributed by atoms with Gasteiger partial charge >= 0.3 is 5.97 Å². The minimum atomic E-state index is -0.491. The van der Waals surface area contributed by atoms with Gasteiger partial charge in [-0.3, -0.25) is 0 Å². The maximum absolute atomic E-state index is 11.3. The van der Waals surface area contributed by atoms with Gasteiger partial charge < -0.3 is 15.0 Å². The Morgan fingerprint density at radius 3 is 2.93 bits per heavy atom. The zero-order valence-electron chi connectivity index (χ0n) is 9.36. The number of anilines is 1. The lowest BCUT2D eigenvalue weighted by molar-refractivity contribution is 0.0596. The third-order valence-electron chi connectivity index (χ3n) is 2.39. The minimum Gasteiger partial charge on any atom is -0.464 e. The number of nitrogen functional groups attached to an aromatic ring is 1. The Morgan fingerprint density at radius 1 is 1.73 bits per heavy atom. The van der Waals surface area contributed by atoms with Crippen molar-refractivity contribution in [2.75, 3.05) is 12.8 Å². The minimum absolute atomic E-state index is 0.195. The van der Waals surface area contributed by atoms with E-state index in [0.29, 0.717) is 5.82 Å². The number of hydrogen-bond acceptors (Lipinski definition) is 4. The number of nitrogens with two attached hydrogens (primary N) is 1. The van der Waals surface area contributed by atoms with Crippen LogP contribution < -0.4 is 5.73 Å². The van der Waals surface area contributed by atoms with Gasteiger partial charge in [0.05, 0.1) is 13.4 Å². The molecule has 1 atom stereocenters. The topological polar surface area (TPSA) is 70.1 Å². The molecule has 5 nitrogen and oxygen atoms in total. The van der Waals surface area contributed by atoms with Crippen molar-refractivity contribution < 1.29 is 9.53 Å². The zero-order chi connectivity index (χ0) is 11.4. The molecule has 0 saturated carbocycles. The monoisotopic (exact) mass is 211 g/mol. The number of imidazole rings is 1. The van der Waals surface area contributed by atoms with Crippen molar-refractivity contribution in [3.8, 4) is 0 Å². The number of aromatic nitrogens is 2. The van der Waals surface area contributed by atoms with Crippen LogP contribution in [0.5, 0.6) is 0 Å². The van der Waals surface area contributed by atoms with E-state index in [-0.39, 0.29) is 11.7 Å². The second-order valence-electron chi connectivity index (χ2n) is 3.51. The van der Waals surface area contributed by atoms with E-state index >= 15 is 0 Å². The van der Waals surface area contributed by atoms with E-state index in [9.17, 15) is 4.79 Å². The van der Waals surface area contributed by atoms with E-state index in [1.54, 1.807) is 10.9 Å². The highest BCUT2D eigenvalue weighted by molar-refractivity contribution is 5.92. The molecule has 1 aromatic heterocycles. The molecule has 0 spiro atoms. The first kappa shape index (κ1) is 11.6. The average Bonchev–Trinajstić information content (AvgIpc) is 2.59. The quantitative estimate of drug-likeness (QED) is 0.768. The third kappa shape index (κ3) is 2.29. The van der Waals surface area contributed by atoms with Gasteiger partial charge in [-0.2, -0.15) is 0 Å². The number of carbonyl (C=O) groups is 1. The van der Waals surface area contributed by atoms with E-state index in [2.05, 4.69) is 16.6 Å². The van der Waals surface area contributed by atoms with Gasteiger partial charge in [-0.25, -0.2) is 9.78 Å². The molecule has 0 saturated heterocycles. The maximum atomic E-state index is 11.3. The van der Waals surface area contributed by atoms with Gasteiger partial charge in [0.25, 0.3) is 0 Å². The highest BCUT2D eigenvalue weighted by atomic mass is 16.5. The van der Waals surface area contributed by atoms with Crippen LogP contribution in [0, 0.1) is 0 Å². The lowest BCUT2D eigenvalue weighted by atomic mass is 10.2. The van der Waals surface area contributed by atoms with Crippen molar-refractivity contribution in [2.24, 2.45) is 0 Å². The fourth-order valence-corrected chi connectivity index (χ4v) is 1.53. The summed E-state index contributed by atoms with van der Waals surface area (Å²) < 4.78 is 6.38. The van der Waals surface area contributed by atoms with Gasteiger partial charge in [-0.05, 0) is 13.3 Å². The fraction of sp³-hybridized carbons (Fsp3) is 0.600. The molecule has 0 aliphatic heterocycles. The van der Waals surface area contributed by atoms with E-state index in [0.717, 1.165) is 12.8 Å². The molecule has 1 aromatic rings. The third-order valence-corrected chi connectivity index (χ3v) is 2.39. The van der Waals surface area contributed by atoms with Crippen molar-refractivity contribution in [3.05, 3.63) is 12.0 Å². The van der Waals surface area contributed by atoms with Gasteiger partial charge in [-0.1, -0.05) is 13.3 Å². The second kappa shape index (κ2) is 4.82. The van der Waals surface area contributed by atoms with Gasteiger partial charge in [0, 0.05) is 6.04 Å². The summed E-state index contributed by atoms with van der Waals surface area (Å²) in [5.74, 6) is -0.113. The van der Waals surface area contributed by atoms with Crippen molar-refractivity contribution in [2.45, 2.75) is 32.7 Å². The van der Waals surface area contributed by atoms with E-state index in [1.165, 1.54) is 7.11 Å². The Morgan fingerprint density at radius 2 is 2.40 bits per heavy atom. The molecule has 0 fully saturated rings. The summed E-state index contributed by atoms with van der Waals surface area (Å²) in [6.45, 7) is 4.15. The summed E-state index contributed by atoms with van der Waals surface area (Å²) in [6, 6.07) is 0.251. The van der Waals surface area contributed by atoms with Crippen LogP contribution in [0.2, 0.25) is 0 Å². The molecule has 0 aromatic carbocycles. The predicted molar refractivity (Wildman–Crippen MR) is 57.6 cm³/mol. The number of hydrogen-bond donors (Lipinski definition) is 1. The molecule has 1 rings (SSSR count). The van der Waals surface area contributed by atoms with Crippen LogP contribution in [-0.2, 0) is 4.74 Å². The Labute approximate surface area is 89.2 Å². The van der Waals surface area contributed by atoms with Crippen LogP contribution >= 0.6 is 0 Å². The number of esters is 1. The Balaban J connectivity index is 2.93. The van der Waals surface area contributed by atoms with Crippen LogP contribution in [0.25, 0.3) is 0 Å². The summed E-state index contributed by atoms with van der Waals surface area (Å²) in [5.41, 5.74) is 6.01. The predicted octanol–water partition coefficient (Wildman–Crippen LogP) is 1.61. The SMILES string of the molecule is CCCC(C)n1cnc(C(=O)OC)c1N. The highest BCUT2D eigenvalue weighted by Crippen LogP contribution is 2.20. The van der Waals surface area contributed by atoms with Gasteiger partial charge in [0.15, 0.2) is 5.69 Å². The molecule has 0 aliphatic rings. The normalized spacial score (nSPS) is 12.5. The van der Waals surface area contributed by atoms with Crippen molar-refractivity contribution >= 4 is 11.8 Å². The highest BCUT2D eigenvalue weighted by Gasteiger charge is 2.18. The molecule has 2 N–H and O–H groups in total. The summed E-state index contributed by atoms with van der Waals surface area (Å²) in [7, 11) is 1.32. The fourth-order valence-electron chi connectivity index (χ4n) is 1.53. The van der Waals surface area contributed by atoms with E-state index in [4.69, 9.17) is 5.73 Å². The first-order valence-corrected chi connectivity index (χ1v) is 5.02. The first-order chi connectivity index (χ1) is 7.11. The molecule has 15 heavy (non-hydrogen) atoms. The molecule has 84 valence electrons. The summed E-state index contributed by atoms with van der Waals surface area (Å²) in [4.78, 5) is 15.2. The number of methoxy groups -OCH3 is 1. The standard InChI is InChI=1S/C10H17N3O2/c1-4-5-7(2)13-6-12-8(9(13)11)10(14)15-3/h6-7H,4-5,11H2,1-3H3. The largest absolute Gasteiger partial charge is 0.464 e. The van der Waals surface area contributed by atoms with Gasteiger partial charge in [-0.15, -0.1) is 0 Å². The Kier molecular flexibility index (Phi) is 3.71. The van der Waals surface area contributed by atoms with Crippen molar-refractivity contribution in [3.63, 3.8) is 0 Å². The molecule has 0 bridgehead atoms. The number of nitrogens with zero attached hydrogens (tertiary/aromatic N) is 2. The van der Waals surface area contributed by atoms with E-state index < -0.39 is 5.97 Å². The molecule has 1 unspecified atom stereocenters. The lowest BCUT2D eigenvalue weighted by Crippen LogP contribution is -2.10. The van der Waals surface area contributed by atoms with Crippen LogP contribution in [-0.4, -0.2) is 22.6 Å². The summed E-state index contributed by atoms with van der Waals surface area (Å²) >= 11 is 0. The van der Waals surface area contributed by atoms with Crippen LogP contribution in [0.1, 0.15) is 43.2 Å². The Bertz CT molecular complexity index is 346. The Hall–Kier alpha value is -1.52. The van der Waals surface area contributed by atoms with Crippen molar-refractivity contribution in [1.82, 2.24) is 9.55 Å². The first-order valence-electron chi connectivity index (χ1n) is 5.02. The maximum Gasteiger partial charge on any atom is 0.360 e. The molecule has 5 heteroatoms. The lowest BCUT2D eigenvalue weighted by Gasteiger charge is -2.13. The molecule has 0 aliphatic carbocycles. The molecular weight excluding hydrogens is 194 g/mol.